The summed E-state index contributed by atoms with van der Waals surface area (Å²) in [7, 11) is 0. The molecule has 0 bridgehead atoms. The normalized spacial score (nSPS) is 27.8. The molecule has 2 N–H and O–H groups in total. The van der Waals surface area contributed by atoms with Gasteiger partial charge in [-0.1, -0.05) is 13.8 Å². The number of urea groups is 1. The molecule has 1 aromatic carbocycles. The standard InChI is InChI=1S/C20H21FN4O4/c1-9(2)15-16-20(17(26)23-19(28)24-18(20)27)7-11-5-13(22-4)12(21)6-14(11)25(16)8-10(3)29-15/h5-6,9-10,15-16H,7-8H2,1-3H3,(H2,23,24,26,27,28)/t10-,15+,16-/m1/s1. The van der Waals surface area contributed by atoms with E-state index in [4.69, 9.17) is 11.3 Å². The zero-order valence-electron chi connectivity index (χ0n) is 16.3. The maximum absolute atomic E-state index is 14.5. The highest BCUT2D eigenvalue weighted by Gasteiger charge is 2.63. The third-order valence-corrected chi connectivity index (χ3v) is 5.96. The van der Waals surface area contributed by atoms with Crippen LogP contribution in [0.1, 0.15) is 26.3 Å². The molecular formula is C20H21FN4O4. The van der Waals surface area contributed by atoms with Crippen molar-refractivity contribution in [2.24, 2.45) is 11.3 Å². The van der Waals surface area contributed by atoms with E-state index in [0.29, 0.717) is 17.8 Å². The van der Waals surface area contributed by atoms with E-state index in [2.05, 4.69) is 15.5 Å². The van der Waals surface area contributed by atoms with Crippen LogP contribution < -0.4 is 15.5 Å². The number of benzene rings is 1. The summed E-state index contributed by atoms with van der Waals surface area (Å²) in [4.78, 5) is 43.0. The van der Waals surface area contributed by atoms with Crippen molar-refractivity contribution < 1.29 is 23.5 Å². The Morgan fingerprint density at radius 1 is 1.28 bits per heavy atom. The van der Waals surface area contributed by atoms with E-state index in [1.165, 1.54) is 12.1 Å². The molecule has 3 heterocycles. The van der Waals surface area contributed by atoms with Crippen molar-refractivity contribution in [2.45, 2.75) is 45.4 Å². The van der Waals surface area contributed by atoms with Gasteiger partial charge in [-0.05, 0) is 37.0 Å². The first-order valence-corrected chi connectivity index (χ1v) is 9.48. The van der Waals surface area contributed by atoms with Crippen molar-refractivity contribution in [3.63, 3.8) is 0 Å². The monoisotopic (exact) mass is 400 g/mol. The summed E-state index contributed by atoms with van der Waals surface area (Å²) in [6, 6.07) is 1.09. The molecular weight excluding hydrogens is 379 g/mol. The first kappa shape index (κ1) is 19.3. The van der Waals surface area contributed by atoms with Crippen molar-refractivity contribution in [1.29, 1.82) is 0 Å². The van der Waals surface area contributed by atoms with Crippen LogP contribution in [0.4, 0.5) is 20.6 Å². The molecule has 1 spiro atoms. The van der Waals surface area contributed by atoms with Gasteiger partial charge in [0.05, 0.1) is 24.8 Å². The van der Waals surface area contributed by atoms with E-state index in [-0.39, 0.29) is 24.1 Å². The number of amides is 4. The number of rotatable bonds is 1. The van der Waals surface area contributed by atoms with Gasteiger partial charge in [-0.25, -0.2) is 14.0 Å². The number of carbonyl (C=O) groups excluding carboxylic acids is 3. The van der Waals surface area contributed by atoms with Gasteiger partial charge in [0, 0.05) is 12.2 Å². The quantitative estimate of drug-likeness (QED) is 0.555. The number of carbonyl (C=O) groups is 3. The minimum absolute atomic E-state index is 0.0470. The molecule has 2 fully saturated rings. The predicted molar refractivity (Wildman–Crippen MR) is 101 cm³/mol. The smallest absolute Gasteiger partial charge is 0.328 e. The zero-order chi connectivity index (χ0) is 21.1. The lowest BCUT2D eigenvalue weighted by Crippen LogP contribution is -2.76. The van der Waals surface area contributed by atoms with Crippen LogP contribution in [0, 0.1) is 23.7 Å². The second-order valence-electron chi connectivity index (χ2n) is 8.18. The summed E-state index contributed by atoms with van der Waals surface area (Å²) >= 11 is 0. The molecule has 2 saturated heterocycles. The minimum Gasteiger partial charge on any atom is -0.371 e. The summed E-state index contributed by atoms with van der Waals surface area (Å²) in [5, 5.41) is 4.44. The van der Waals surface area contributed by atoms with Crippen molar-refractivity contribution in [3.05, 3.63) is 34.9 Å². The van der Waals surface area contributed by atoms with E-state index >= 15 is 0 Å². The third-order valence-electron chi connectivity index (χ3n) is 5.96. The summed E-state index contributed by atoms with van der Waals surface area (Å²) in [6.45, 7) is 13.3. The number of imide groups is 2. The lowest BCUT2D eigenvalue weighted by atomic mass is 9.65. The van der Waals surface area contributed by atoms with Gasteiger partial charge < -0.3 is 9.64 Å². The molecule has 3 aliphatic heterocycles. The Hall–Kier alpha value is -2.99. The minimum atomic E-state index is -1.63. The SMILES string of the molecule is [C-]#[N+]c1cc2c(cc1F)N1C[C@@H](C)O[C@@H](C(C)C)[C@@H]1C1(C2)C(=O)NC(=O)NC1=O. The van der Waals surface area contributed by atoms with Crippen LogP contribution in [0.15, 0.2) is 12.1 Å². The molecule has 0 radical (unpaired) electrons. The van der Waals surface area contributed by atoms with Crippen LogP contribution in [0.3, 0.4) is 0 Å². The molecule has 0 aliphatic carbocycles. The number of hydrogen-bond acceptors (Lipinski definition) is 5. The van der Waals surface area contributed by atoms with Gasteiger partial charge in [0.25, 0.3) is 0 Å². The highest BCUT2D eigenvalue weighted by atomic mass is 19.1. The van der Waals surface area contributed by atoms with Gasteiger partial charge in [0.1, 0.15) is 5.82 Å². The van der Waals surface area contributed by atoms with Crippen molar-refractivity contribution in [3.8, 4) is 0 Å². The third kappa shape index (κ3) is 2.70. The van der Waals surface area contributed by atoms with E-state index in [9.17, 15) is 18.8 Å². The number of anilines is 1. The highest BCUT2D eigenvalue weighted by molar-refractivity contribution is 6.20. The van der Waals surface area contributed by atoms with Gasteiger partial charge in [-0.2, -0.15) is 0 Å². The lowest BCUT2D eigenvalue weighted by Gasteiger charge is -2.57. The molecule has 0 aromatic heterocycles. The number of barbiturate groups is 1. The Morgan fingerprint density at radius 2 is 1.93 bits per heavy atom. The maximum Gasteiger partial charge on any atom is 0.328 e. The van der Waals surface area contributed by atoms with E-state index in [0.717, 1.165) is 0 Å². The predicted octanol–water partition coefficient (Wildman–Crippen LogP) is 1.90. The largest absolute Gasteiger partial charge is 0.371 e. The number of nitrogens with one attached hydrogen (secondary N) is 2. The summed E-state index contributed by atoms with van der Waals surface area (Å²) < 4.78 is 20.6. The first-order chi connectivity index (χ1) is 13.7. The Kier molecular flexibility index (Phi) is 4.35. The molecule has 152 valence electrons. The number of nitrogens with zero attached hydrogens (tertiary/aromatic N) is 2. The molecule has 4 amide bonds. The molecule has 3 aliphatic rings. The van der Waals surface area contributed by atoms with Crippen molar-refractivity contribution in [2.75, 3.05) is 11.4 Å². The maximum atomic E-state index is 14.5. The van der Waals surface area contributed by atoms with Crippen LogP contribution in [-0.2, 0) is 20.7 Å². The molecule has 3 atom stereocenters. The van der Waals surface area contributed by atoms with Crippen molar-refractivity contribution >= 4 is 29.2 Å². The van der Waals surface area contributed by atoms with Gasteiger partial charge >= 0.3 is 6.03 Å². The van der Waals surface area contributed by atoms with Crippen LogP contribution in [0.25, 0.3) is 4.85 Å². The fraction of sp³-hybridized carbons (Fsp3) is 0.500. The molecule has 8 nitrogen and oxygen atoms in total. The highest BCUT2D eigenvalue weighted by Crippen LogP contribution is 2.49. The average Bonchev–Trinajstić information content (AvgIpc) is 2.65. The lowest BCUT2D eigenvalue weighted by molar-refractivity contribution is -0.156. The number of halogens is 1. The van der Waals surface area contributed by atoms with E-state index in [1.807, 2.05) is 25.7 Å². The van der Waals surface area contributed by atoms with Gasteiger partial charge in [0.15, 0.2) is 5.41 Å². The summed E-state index contributed by atoms with van der Waals surface area (Å²) in [5.74, 6) is -2.11. The molecule has 0 saturated carbocycles. The fourth-order valence-electron chi connectivity index (χ4n) is 4.76. The number of morpholine rings is 1. The number of fused-ring (bicyclic) bond motifs is 4. The topological polar surface area (TPSA) is 92.1 Å². The Balaban J connectivity index is 1.97. The fourth-order valence-corrected chi connectivity index (χ4v) is 4.76. The van der Waals surface area contributed by atoms with Crippen LogP contribution in [0.2, 0.25) is 0 Å². The number of hydrogen-bond donors (Lipinski definition) is 2. The number of ether oxygens (including phenoxy) is 1. The van der Waals surface area contributed by atoms with Crippen LogP contribution in [-0.4, -0.2) is 42.6 Å². The molecule has 9 heteroatoms. The second kappa shape index (κ2) is 6.52. The van der Waals surface area contributed by atoms with Crippen molar-refractivity contribution in [1.82, 2.24) is 10.6 Å². The van der Waals surface area contributed by atoms with Crippen LogP contribution >= 0.6 is 0 Å². The summed E-state index contributed by atoms with van der Waals surface area (Å²) in [5.41, 5.74) is -0.742. The Bertz CT molecular complexity index is 950. The van der Waals surface area contributed by atoms with Crippen LogP contribution in [0.5, 0.6) is 0 Å². The van der Waals surface area contributed by atoms with Gasteiger partial charge in [-0.15, -0.1) is 0 Å². The second-order valence-corrected chi connectivity index (χ2v) is 8.18. The molecule has 0 unspecified atom stereocenters. The molecule has 29 heavy (non-hydrogen) atoms. The van der Waals surface area contributed by atoms with Gasteiger partial charge in [-0.3, -0.25) is 20.2 Å². The molecule has 1 aromatic rings. The Morgan fingerprint density at radius 3 is 2.52 bits per heavy atom. The first-order valence-electron chi connectivity index (χ1n) is 9.48. The van der Waals surface area contributed by atoms with Gasteiger partial charge in [0.2, 0.25) is 17.5 Å². The summed E-state index contributed by atoms with van der Waals surface area (Å²) in [6.07, 6.45) is -0.778. The zero-order valence-corrected chi connectivity index (χ0v) is 16.3. The van der Waals surface area contributed by atoms with E-state index < -0.39 is 41.2 Å². The molecule has 4 rings (SSSR count). The Labute approximate surface area is 167 Å². The van der Waals surface area contributed by atoms with E-state index in [1.54, 1.807) is 0 Å². The average molecular weight is 400 g/mol.